The van der Waals surface area contributed by atoms with Gasteiger partial charge in [0.1, 0.15) is 23.0 Å². The van der Waals surface area contributed by atoms with Crippen molar-refractivity contribution < 1.29 is 14.2 Å². The number of anilines is 1. The quantitative estimate of drug-likeness (QED) is 0.305. The van der Waals surface area contributed by atoms with E-state index in [0.717, 1.165) is 28.7 Å². The summed E-state index contributed by atoms with van der Waals surface area (Å²) in [5, 5.41) is 9.51. The Kier molecular flexibility index (Phi) is 8.87. The molecule has 3 rings (SSSR count). The number of aromatic nitrogens is 3. The van der Waals surface area contributed by atoms with Crippen LogP contribution in [0, 0.1) is 0 Å². The van der Waals surface area contributed by atoms with Crippen LogP contribution in [-0.2, 0) is 17.6 Å². The molecule has 0 aliphatic rings. The van der Waals surface area contributed by atoms with Crippen molar-refractivity contribution in [2.75, 3.05) is 37.9 Å². The van der Waals surface area contributed by atoms with Gasteiger partial charge in [-0.3, -0.25) is 9.29 Å². The van der Waals surface area contributed by atoms with Crippen LogP contribution >= 0.6 is 23.5 Å². The lowest BCUT2D eigenvalue weighted by Gasteiger charge is -2.17. The highest BCUT2D eigenvalue weighted by Crippen LogP contribution is 2.35. The minimum absolute atomic E-state index is 0.551. The van der Waals surface area contributed by atoms with Crippen molar-refractivity contribution in [3.05, 3.63) is 58.9 Å². The first-order valence-corrected chi connectivity index (χ1v) is 11.4. The monoisotopic (exact) mass is 462 g/mol. The van der Waals surface area contributed by atoms with E-state index in [1.807, 2.05) is 54.0 Å². The first-order chi connectivity index (χ1) is 15.2. The molecule has 166 valence electrons. The summed E-state index contributed by atoms with van der Waals surface area (Å²) in [4.78, 5) is 0. The Balaban J connectivity index is 1.81. The predicted molar refractivity (Wildman–Crippen MR) is 126 cm³/mol. The second-order valence-corrected chi connectivity index (χ2v) is 7.90. The normalized spacial score (nSPS) is 10.8. The maximum atomic E-state index is 5.96. The van der Waals surface area contributed by atoms with Gasteiger partial charge in [0.15, 0.2) is 0 Å². The fraction of sp³-hybridized carbons (Fsp3) is 0.364. The summed E-state index contributed by atoms with van der Waals surface area (Å²) in [6, 6.07) is 13.6. The van der Waals surface area contributed by atoms with Gasteiger partial charge in [-0.15, -0.1) is 10.2 Å². The molecule has 0 radical (unpaired) electrons. The maximum absolute atomic E-state index is 5.96. The number of hydrogen-bond acceptors (Lipinski definition) is 7. The van der Waals surface area contributed by atoms with Gasteiger partial charge in [-0.25, -0.2) is 0 Å². The summed E-state index contributed by atoms with van der Waals surface area (Å²) >= 11 is 7.52. The molecule has 7 nitrogen and oxygen atoms in total. The van der Waals surface area contributed by atoms with Crippen LogP contribution in [0.3, 0.4) is 0 Å². The van der Waals surface area contributed by atoms with Gasteiger partial charge in [0, 0.05) is 23.8 Å². The summed E-state index contributed by atoms with van der Waals surface area (Å²) < 4.78 is 22.0. The summed E-state index contributed by atoms with van der Waals surface area (Å²) in [6.07, 6.45) is 1.51. The Bertz CT molecular complexity index is 944. The fourth-order valence-corrected chi connectivity index (χ4v) is 3.90. The van der Waals surface area contributed by atoms with Crippen molar-refractivity contribution in [1.82, 2.24) is 14.8 Å². The third-order valence-electron chi connectivity index (χ3n) is 4.60. The molecule has 0 aliphatic heterocycles. The zero-order chi connectivity index (χ0) is 22.1. The predicted octanol–water partition coefficient (Wildman–Crippen LogP) is 4.82. The number of benzene rings is 2. The number of rotatable bonds is 12. The zero-order valence-electron chi connectivity index (χ0n) is 17.9. The van der Waals surface area contributed by atoms with E-state index in [9.17, 15) is 0 Å². The third-order valence-corrected chi connectivity index (χ3v) is 5.59. The van der Waals surface area contributed by atoms with Crippen LogP contribution in [0.1, 0.15) is 18.3 Å². The number of nitrogens with one attached hydrogen (secondary N) is 1. The summed E-state index contributed by atoms with van der Waals surface area (Å²) in [5.41, 5.74) is 1.98. The van der Waals surface area contributed by atoms with Gasteiger partial charge in [0.2, 0.25) is 5.95 Å². The molecule has 0 atom stereocenters. The van der Waals surface area contributed by atoms with Crippen LogP contribution in [0.2, 0.25) is 5.02 Å². The highest BCUT2D eigenvalue weighted by Gasteiger charge is 2.21. The molecule has 0 amide bonds. The van der Waals surface area contributed by atoms with Crippen LogP contribution in [0.25, 0.3) is 5.69 Å². The van der Waals surface area contributed by atoms with Crippen LogP contribution < -0.4 is 14.2 Å². The number of nitrogens with zero attached hydrogens (tertiary/aromatic N) is 3. The molecule has 31 heavy (non-hydrogen) atoms. The lowest BCUT2D eigenvalue weighted by atomic mass is 10.2. The first kappa shape index (κ1) is 23.2. The summed E-state index contributed by atoms with van der Waals surface area (Å²) in [7, 11) is 3.27. The van der Waals surface area contributed by atoms with Crippen molar-refractivity contribution in [2.45, 2.75) is 19.8 Å². The molecule has 0 saturated heterocycles. The third kappa shape index (κ3) is 6.06. The molecular formula is C22H27ClN4O3S. The lowest BCUT2D eigenvalue weighted by molar-refractivity contribution is 0.149. The van der Waals surface area contributed by atoms with Gasteiger partial charge in [-0.05, 0) is 55.1 Å². The topological polar surface area (TPSA) is 70.4 Å². The minimum Gasteiger partial charge on any atom is -0.494 e. The fourth-order valence-electron chi connectivity index (χ4n) is 3.07. The standard InChI is InChI=1S/C22H27ClN4O3S/c1-4-30-14-12-20-24-25-22(26-31-15-13-16-8-10-17(23)11-9-16)27(20)21-18(28-2)6-5-7-19(21)29-3/h5-11H,4,12-15H2,1-3H3,(H,25,26). The summed E-state index contributed by atoms with van der Waals surface area (Å²) in [6.45, 7) is 3.17. The van der Waals surface area contributed by atoms with E-state index in [-0.39, 0.29) is 0 Å². The highest BCUT2D eigenvalue weighted by atomic mass is 35.5. The van der Waals surface area contributed by atoms with E-state index in [1.54, 1.807) is 26.2 Å². The van der Waals surface area contributed by atoms with Crippen molar-refractivity contribution in [3.8, 4) is 17.2 Å². The van der Waals surface area contributed by atoms with Gasteiger partial charge in [-0.1, -0.05) is 29.8 Å². The van der Waals surface area contributed by atoms with Crippen molar-refractivity contribution >= 4 is 29.5 Å². The molecule has 0 fully saturated rings. The Morgan fingerprint density at radius 2 is 1.71 bits per heavy atom. The van der Waals surface area contributed by atoms with Crippen molar-refractivity contribution in [3.63, 3.8) is 0 Å². The Morgan fingerprint density at radius 3 is 2.35 bits per heavy atom. The van der Waals surface area contributed by atoms with Crippen molar-refractivity contribution in [2.24, 2.45) is 0 Å². The minimum atomic E-state index is 0.551. The van der Waals surface area contributed by atoms with Gasteiger partial charge in [0.05, 0.1) is 20.8 Å². The molecule has 0 spiro atoms. The molecule has 0 saturated carbocycles. The second-order valence-electron chi connectivity index (χ2n) is 6.56. The number of halogens is 1. The van der Waals surface area contributed by atoms with Crippen LogP contribution in [-0.4, -0.2) is 48.0 Å². The number of hydrogen-bond donors (Lipinski definition) is 1. The Labute approximate surface area is 192 Å². The molecule has 0 bridgehead atoms. The average Bonchev–Trinajstić information content (AvgIpc) is 3.19. The van der Waals surface area contributed by atoms with Gasteiger partial charge >= 0.3 is 0 Å². The van der Waals surface area contributed by atoms with Gasteiger partial charge < -0.3 is 14.2 Å². The first-order valence-electron chi connectivity index (χ1n) is 10.0. The van der Waals surface area contributed by atoms with Crippen molar-refractivity contribution in [1.29, 1.82) is 0 Å². The molecular weight excluding hydrogens is 436 g/mol. The van der Waals surface area contributed by atoms with E-state index in [2.05, 4.69) is 14.9 Å². The maximum Gasteiger partial charge on any atom is 0.239 e. The van der Waals surface area contributed by atoms with Gasteiger partial charge in [0.25, 0.3) is 0 Å². The molecule has 3 aromatic rings. The van der Waals surface area contributed by atoms with E-state index < -0.39 is 0 Å². The Morgan fingerprint density at radius 1 is 1.00 bits per heavy atom. The van der Waals surface area contributed by atoms with Crippen LogP contribution in [0.15, 0.2) is 42.5 Å². The molecule has 9 heteroatoms. The number of aryl methyl sites for hydroxylation is 1. The van der Waals surface area contributed by atoms with E-state index >= 15 is 0 Å². The number of para-hydroxylation sites is 1. The lowest BCUT2D eigenvalue weighted by Crippen LogP contribution is -2.10. The molecule has 0 aliphatic carbocycles. The van der Waals surface area contributed by atoms with Crippen LogP contribution in [0.5, 0.6) is 11.5 Å². The van der Waals surface area contributed by atoms with Gasteiger partial charge in [-0.2, -0.15) is 0 Å². The summed E-state index contributed by atoms with van der Waals surface area (Å²) in [5.74, 6) is 3.57. The molecule has 1 heterocycles. The smallest absolute Gasteiger partial charge is 0.239 e. The van der Waals surface area contributed by atoms with E-state index in [0.29, 0.717) is 37.1 Å². The average molecular weight is 463 g/mol. The van der Waals surface area contributed by atoms with Crippen LogP contribution in [0.4, 0.5) is 5.95 Å². The molecule has 1 N–H and O–H groups in total. The van der Waals surface area contributed by atoms with E-state index in [4.69, 9.17) is 25.8 Å². The molecule has 2 aromatic carbocycles. The largest absolute Gasteiger partial charge is 0.494 e. The SMILES string of the molecule is CCOCCc1nnc(NSCCc2ccc(Cl)cc2)n1-c1c(OC)cccc1OC. The highest BCUT2D eigenvalue weighted by molar-refractivity contribution is 8.00. The zero-order valence-corrected chi connectivity index (χ0v) is 19.5. The Hall–Kier alpha value is -2.42. The second kappa shape index (κ2) is 11.8. The number of methoxy groups -OCH3 is 2. The number of ether oxygens (including phenoxy) is 3. The molecule has 0 unspecified atom stereocenters. The van der Waals surface area contributed by atoms with E-state index in [1.165, 1.54) is 5.56 Å². The molecule has 1 aromatic heterocycles.